The van der Waals surface area contributed by atoms with E-state index in [1.165, 1.54) is 0 Å². The minimum absolute atomic E-state index is 0.0790. The molecule has 0 radical (unpaired) electrons. The quantitative estimate of drug-likeness (QED) is 0.125. The second kappa shape index (κ2) is 15.0. The zero-order valence-corrected chi connectivity index (χ0v) is 28.0. The van der Waals surface area contributed by atoms with Gasteiger partial charge in [-0.2, -0.15) is 0 Å². The monoisotopic (exact) mass is 610 g/mol. The molecule has 0 aromatic rings. The molecule has 0 saturated carbocycles. The Bertz CT molecular complexity index is 783. The van der Waals surface area contributed by atoms with E-state index < -0.39 is 34.7 Å². The minimum atomic E-state index is -3.16. The number of carbonyl (C=O) groups excluding carboxylic acids is 2. The highest BCUT2D eigenvalue weighted by Gasteiger charge is 2.52. The summed E-state index contributed by atoms with van der Waals surface area (Å²) >= 11 is 0. The Balaban J connectivity index is 1.98. The molecular formula is C23H46O11Si4. The second-order valence-electron chi connectivity index (χ2n) is 10.2. The van der Waals surface area contributed by atoms with Gasteiger partial charge < -0.3 is 39.5 Å². The average Bonchev–Trinajstić information content (AvgIpc) is 3.80. The molecule has 2 saturated heterocycles. The lowest BCUT2D eigenvalue weighted by Crippen LogP contribution is -2.61. The smallest absolute Gasteiger partial charge is 0.413 e. The van der Waals surface area contributed by atoms with Crippen LogP contribution in [0.1, 0.15) is 38.5 Å². The van der Waals surface area contributed by atoms with E-state index in [0.29, 0.717) is 63.8 Å². The first-order valence-corrected chi connectivity index (χ1v) is 22.2. The highest BCUT2D eigenvalue weighted by molar-refractivity contribution is 6.89. The van der Waals surface area contributed by atoms with Gasteiger partial charge in [0.05, 0.1) is 25.4 Å². The predicted molar refractivity (Wildman–Crippen MR) is 149 cm³/mol. The van der Waals surface area contributed by atoms with E-state index >= 15 is 0 Å². The van der Waals surface area contributed by atoms with Crippen molar-refractivity contribution in [2.24, 2.45) is 0 Å². The average molecular weight is 611 g/mol. The molecule has 0 aromatic carbocycles. The number of hydrogen-bond acceptors (Lipinski definition) is 11. The molecule has 2 aliphatic rings. The Kier molecular flexibility index (Phi) is 13.3. The maximum absolute atomic E-state index is 12.2. The number of ketones is 2. The van der Waals surface area contributed by atoms with Crippen LogP contribution in [0, 0.1) is 0 Å². The molecule has 2 heterocycles. The lowest BCUT2D eigenvalue weighted by atomic mass is 10.1. The Hall–Kier alpha value is -0.412. The summed E-state index contributed by atoms with van der Waals surface area (Å²) in [6.07, 6.45) is 3.05. The van der Waals surface area contributed by atoms with E-state index in [1.807, 2.05) is 19.6 Å². The van der Waals surface area contributed by atoms with Gasteiger partial charge in [-0.3, -0.25) is 9.59 Å². The first-order chi connectivity index (χ1) is 17.9. The molecule has 3 atom stereocenters. The third kappa shape index (κ3) is 11.6. The molecule has 2 rings (SSSR count). The van der Waals surface area contributed by atoms with Gasteiger partial charge in [0.1, 0.15) is 11.6 Å². The Morgan fingerprint density at radius 3 is 1.50 bits per heavy atom. The number of ether oxygens (including phenoxy) is 2. The van der Waals surface area contributed by atoms with Gasteiger partial charge in [-0.1, -0.05) is 5.70 Å². The van der Waals surface area contributed by atoms with Crippen LogP contribution in [0.25, 0.3) is 0 Å². The molecule has 15 heteroatoms. The highest BCUT2D eigenvalue weighted by atomic mass is 28.5. The van der Waals surface area contributed by atoms with Gasteiger partial charge in [0.25, 0.3) is 0 Å². The lowest BCUT2D eigenvalue weighted by molar-refractivity contribution is -0.120. The zero-order valence-electron chi connectivity index (χ0n) is 24.0. The normalized spacial score (nSPS) is 21.1. The molecule has 3 unspecified atom stereocenters. The zero-order chi connectivity index (χ0) is 28.5. The Morgan fingerprint density at radius 2 is 1.16 bits per heavy atom. The predicted octanol–water partition coefficient (Wildman–Crippen LogP) is 3.28. The van der Waals surface area contributed by atoms with Gasteiger partial charge in [0.15, 0.2) is 0 Å². The summed E-state index contributed by atoms with van der Waals surface area (Å²) in [6.45, 7) is 11.0. The van der Waals surface area contributed by atoms with Gasteiger partial charge in [-0.15, -0.1) is 6.58 Å². The van der Waals surface area contributed by atoms with Crippen molar-refractivity contribution < 1.29 is 49.1 Å². The Labute approximate surface area is 231 Å². The molecule has 2 aliphatic heterocycles. The van der Waals surface area contributed by atoms with E-state index in [4.69, 9.17) is 39.5 Å². The highest BCUT2D eigenvalue weighted by Crippen LogP contribution is 2.30. The fraction of sp³-hybridized carbons (Fsp3) is 0.826. The van der Waals surface area contributed by atoms with Crippen LogP contribution in [0.15, 0.2) is 12.3 Å². The summed E-state index contributed by atoms with van der Waals surface area (Å²) in [5.41, 5.74) is 1.68. The molecule has 220 valence electrons. The summed E-state index contributed by atoms with van der Waals surface area (Å²) < 4.78 is 53.0. The van der Waals surface area contributed by atoms with Crippen molar-refractivity contribution in [3.05, 3.63) is 12.3 Å². The van der Waals surface area contributed by atoms with Crippen molar-refractivity contribution >= 4 is 46.3 Å². The molecule has 0 aromatic heterocycles. The van der Waals surface area contributed by atoms with E-state index in [0.717, 1.165) is 0 Å². The van der Waals surface area contributed by atoms with E-state index in [9.17, 15) is 9.59 Å². The van der Waals surface area contributed by atoms with Crippen molar-refractivity contribution in [2.45, 2.75) is 82.5 Å². The molecule has 0 amide bonds. The van der Waals surface area contributed by atoms with Gasteiger partial charge >= 0.3 is 34.7 Å². The third-order valence-electron chi connectivity index (χ3n) is 6.42. The number of hydrogen-bond donors (Lipinski definition) is 0. The van der Waals surface area contributed by atoms with Crippen LogP contribution < -0.4 is 0 Å². The largest absolute Gasteiger partial charge is 0.491 e. The molecule has 0 bridgehead atoms. The van der Waals surface area contributed by atoms with E-state index in [1.54, 1.807) is 34.1 Å². The number of rotatable bonds is 23. The summed E-state index contributed by atoms with van der Waals surface area (Å²) in [7, 11) is -6.01. The van der Waals surface area contributed by atoms with Crippen LogP contribution in [0.5, 0.6) is 0 Å². The van der Waals surface area contributed by atoms with Crippen LogP contribution >= 0.6 is 0 Å². The maximum atomic E-state index is 12.2. The van der Waals surface area contributed by atoms with E-state index in [-0.39, 0.29) is 23.8 Å². The van der Waals surface area contributed by atoms with Gasteiger partial charge in [-0.05, 0) is 32.5 Å². The molecule has 0 N–H and O–H groups in total. The third-order valence-corrected chi connectivity index (χ3v) is 21.2. The summed E-state index contributed by atoms with van der Waals surface area (Å²) in [6, 6.07) is 0.952. The fourth-order valence-corrected chi connectivity index (χ4v) is 19.9. The minimum Gasteiger partial charge on any atom is -0.413 e. The summed E-state index contributed by atoms with van der Waals surface area (Å²) in [5, 5.41) is 0. The molecule has 2 fully saturated rings. The second-order valence-corrected chi connectivity index (χ2v) is 23.3. The topological polar surface area (TPSA) is 124 Å². The van der Waals surface area contributed by atoms with Gasteiger partial charge in [-0.25, -0.2) is 0 Å². The Morgan fingerprint density at radius 1 is 0.763 bits per heavy atom. The van der Waals surface area contributed by atoms with Gasteiger partial charge in [0, 0.05) is 66.2 Å². The fourth-order valence-electron chi connectivity index (χ4n) is 4.23. The molecule has 38 heavy (non-hydrogen) atoms. The number of epoxide rings is 2. The lowest BCUT2D eigenvalue weighted by Gasteiger charge is -2.41. The standard InChI is InChI=1S/C23H46O11Si4/c1-9-36(8,34-38(28-4,29-5)15-11-13-21(25)17-23-19-31-23)32-35(6,7)33-37(26-2,27-3)14-10-12-20(24)16-22-18-30-22/h9,22-23H,1,10-19H2,2-8H3. The number of carbonyl (C=O) groups is 2. The maximum Gasteiger partial charge on any atom is 0.491 e. The first-order valence-electron chi connectivity index (χ1n) is 13.1. The van der Waals surface area contributed by atoms with Crippen LogP contribution in [0.3, 0.4) is 0 Å². The van der Waals surface area contributed by atoms with Crippen LogP contribution in [-0.4, -0.2) is 100 Å². The van der Waals surface area contributed by atoms with Crippen molar-refractivity contribution in [3.63, 3.8) is 0 Å². The molecular weight excluding hydrogens is 565 g/mol. The van der Waals surface area contributed by atoms with Crippen molar-refractivity contribution in [1.29, 1.82) is 0 Å². The first kappa shape index (κ1) is 33.8. The summed E-state index contributed by atoms with van der Waals surface area (Å²) in [4.78, 5) is 24.3. The SMILES string of the molecule is C=C[Si](C)(O[Si](C)(C)O[Si](CCCC(=O)CC1CO1)(OC)OC)O[Si](CCCC(=O)CC1CO1)(OC)OC. The number of Topliss-reactive ketones (excluding diaryl/α,β-unsaturated/α-hetero) is 2. The van der Waals surface area contributed by atoms with Crippen LogP contribution in [0.2, 0.25) is 31.7 Å². The molecule has 0 spiro atoms. The van der Waals surface area contributed by atoms with Crippen molar-refractivity contribution in [2.75, 3.05) is 41.7 Å². The summed E-state index contributed by atoms with van der Waals surface area (Å²) in [5.74, 6) is 0.325. The van der Waals surface area contributed by atoms with Crippen molar-refractivity contribution in [1.82, 2.24) is 0 Å². The van der Waals surface area contributed by atoms with Crippen molar-refractivity contribution in [3.8, 4) is 0 Å². The molecule has 0 aliphatic carbocycles. The van der Waals surface area contributed by atoms with E-state index in [2.05, 4.69) is 6.58 Å². The van der Waals surface area contributed by atoms with Gasteiger partial charge in [0.2, 0.25) is 0 Å². The van der Waals surface area contributed by atoms with Crippen LogP contribution in [-0.2, 0) is 49.1 Å². The van der Waals surface area contributed by atoms with Crippen LogP contribution in [0.4, 0.5) is 0 Å². The molecule has 11 nitrogen and oxygen atoms in total.